The Kier molecular flexibility index (Phi) is 4.91. The normalized spacial score (nSPS) is 26.9. The van der Waals surface area contributed by atoms with E-state index in [-0.39, 0.29) is 0 Å². The van der Waals surface area contributed by atoms with Gasteiger partial charge in [-0.2, -0.15) is 12.7 Å². The molecule has 1 rings (SSSR count). The molecule has 0 aliphatic carbocycles. The Morgan fingerprint density at radius 2 is 2.18 bits per heavy atom. The van der Waals surface area contributed by atoms with Crippen LogP contribution in [0.15, 0.2) is 0 Å². The molecule has 100 valence electrons. The molecular weight excluding hydrogens is 244 g/mol. The van der Waals surface area contributed by atoms with E-state index in [1.54, 1.807) is 6.92 Å². The van der Waals surface area contributed by atoms with Crippen LogP contribution in [0.5, 0.6) is 0 Å². The van der Waals surface area contributed by atoms with Crippen molar-refractivity contribution in [2.24, 2.45) is 5.92 Å². The zero-order valence-corrected chi connectivity index (χ0v) is 11.0. The second-order valence-corrected chi connectivity index (χ2v) is 6.05. The van der Waals surface area contributed by atoms with Gasteiger partial charge in [0, 0.05) is 19.1 Å². The Morgan fingerprint density at radius 1 is 1.53 bits per heavy atom. The van der Waals surface area contributed by atoms with Gasteiger partial charge in [-0.25, -0.2) is 4.72 Å². The Morgan fingerprint density at radius 3 is 2.71 bits per heavy atom. The number of nitrogens with zero attached hydrogens (tertiary/aromatic N) is 1. The first-order valence-corrected chi connectivity index (χ1v) is 7.33. The summed E-state index contributed by atoms with van der Waals surface area (Å²) in [6.07, 6.45) is 1.84. The largest absolute Gasteiger partial charge is 0.481 e. The molecule has 0 radical (unpaired) electrons. The van der Waals surface area contributed by atoms with Gasteiger partial charge in [0.2, 0.25) is 0 Å². The summed E-state index contributed by atoms with van der Waals surface area (Å²) in [5.74, 6) is -1.53. The SMILES string of the molecule is CCCNS(=O)(=O)N1CCC[C@H](C(=O)O)[C@@H]1C. The average molecular weight is 264 g/mol. The lowest BCUT2D eigenvalue weighted by Gasteiger charge is -2.36. The summed E-state index contributed by atoms with van der Waals surface area (Å²) >= 11 is 0. The van der Waals surface area contributed by atoms with Crippen LogP contribution in [0.25, 0.3) is 0 Å². The summed E-state index contributed by atoms with van der Waals surface area (Å²) in [5, 5.41) is 9.03. The molecule has 17 heavy (non-hydrogen) atoms. The van der Waals surface area contributed by atoms with E-state index in [9.17, 15) is 13.2 Å². The molecule has 0 aromatic rings. The van der Waals surface area contributed by atoms with Gasteiger partial charge in [-0.1, -0.05) is 6.92 Å². The number of hydrogen-bond acceptors (Lipinski definition) is 3. The van der Waals surface area contributed by atoms with Crippen molar-refractivity contribution >= 4 is 16.2 Å². The van der Waals surface area contributed by atoms with Crippen molar-refractivity contribution in [2.75, 3.05) is 13.1 Å². The maximum atomic E-state index is 11.9. The van der Waals surface area contributed by atoms with Crippen LogP contribution < -0.4 is 4.72 Å². The minimum atomic E-state index is -3.54. The number of nitrogens with one attached hydrogen (secondary N) is 1. The van der Waals surface area contributed by atoms with Gasteiger partial charge in [-0.15, -0.1) is 0 Å². The second kappa shape index (κ2) is 5.79. The molecule has 0 amide bonds. The molecule has 0 spiro atoms. The Labute approximate surface area is 102 Å². The van der Waals surface area contributed by atoms with E-state index in [1.807, 2.05) is 6.92 Å². The summed E-state index contributed by atoms with van der Waals surface area (Å²) in [6.45, 7) is 4.30. The molecular formula is C10H20N2O4S. The predicted molar refractivity (Wildman–Crippen MR) is 63.7 cm³/mol. The van der Waals surface area contributed by atoms with Gasteiger partial charge >= 0.3 is 5.97 Å². The lowest BCUT2D eigenvalue weighted by atomic mass is 9.92. The van der Waals surface area contributed by atoms with Crippen LogP contribution in [0.2, 0.25) is 0 Å². The smallest absolute Gasteiger partial charge is 0.308 e. The number of piperidine rings is 1. The third-order valence-electron chi connectivity index (χ3n) is 3.09. The van der Waals surface area contributed by atoms with Crippen LogP contribution in [0.3, 0.4) is 0 Å². The summed E-state index contributed by atoms with van der Waals surface area (Å²) in [5.41, 5.74) is 0. The number of rotatable bonds is 5. The Balaban J connectivity index is 2.79. The topological polar surface area (TPSA) is 86.7 Å². The first-order valence-electron chi connectivity index (χ1n) is 5.89. The number of carboxylic acid groups (broad SMARTS) is 1. The van der Waals surface area contributed by atoms with E-state index in [4.69, 9.17) is 5.11 Å². The molecule has 0 bridgehead atoms. The van der Waals surface area contributed by atoms with Crippen molar-refractivity contribution in [3.05, 3.63) is 0 Å². The molecule has 6 nitrogen and oxygen atoms in total. The van der Waals surface area contributed by atoms with Crippen LogP contribution in [0.4, 0.5) is 0 Å². The molecule has 0 saturated carbocycles. The van der Waals surface area contributed by atoms with Crippen molar-refractivity contribution in [3.63, 3.8) is 0 Å². The van der Waals surface area contributed by atoms with Gasteiger partial charge in [0.15, 0.2) is 0 Å². The minimum Gasteiger partial charge on any atom is -0.481 e. The molecule has 2 atom stereocenters. The van der Waals surface area contributed by atoms with Gasteiger partial charge in [0.25, 0.3) is 10.2 Å². The first-order chi connectivity index (χ1) is 7.90. The molecule has 0 unspecified atom stereocenters. The fourth-order valence-electron chi connectivity index (χ4n) is 2.10. The van der Waals surface area contributed by atoms with Crippen LogP contribution >= 0.6 is 0 Å². The molecule has 1 aliphatic heterocycles. The molecule has 2 N–H and O–H groups in total. The van der Waals surface area contributed by atoms with Crippen molar-refractivity contribution < 1.29 is 18.3 Å². The van der Waals surface area contributed by atoms with Crippen molar-refractivity contribution in [3.8, 4) is 0 Å². The fourth-order valence-corrected chi connectivity index (χ4v) is 3.68. The Bertz CT molecular complexity index is 369. The molecule has 1 aliphatic rings. The molecule has 0 aromatic carbocycles. The maximum absolute atomic E-state index is 11.9. The number of aliphatic carboxylic acids is 1. The van der Waals surface area contributed by atoms with E-state index in [1.165, 1.54) is 4.31 Å². The lowest BCUT2D eigenvalue weighted by Crippen LogP contribution is -2.52. The van der Waals surface area contributed by atoms with Gasteiger partial charge in [0.05, 0.1) is 5.92 Å². The van der Waals surface area contributed by atoms with Crippen LogP contribution in [-0.4, -0.2) is 42.9 Å². The van der Waals surface area contributed by atoms with E-state index < -0.39 is 28.1 Å². The number of hydrogen-bond donors (Lipinski definition) is 2. The Hall–Kier alpha value is -0.660. The fraction of sp³-hybridized carbons (Fsp3) is 0.900. The highest BCUT2D eigenvalue weighted by Gasteiger charge is 2.38. The van der Waals surface area contributed by atoms with Crippen molar-refractivity contribution in [1.82, 2.24) is 9.03 Å². The van der Waals surface area contributed by atoms with Gasteiger partial charge in [-0.3, -0.25) is 4.79 Å². The molecule has 1 heterocycles. The molecule has 7 heteroatoms. The number of carbonyl (C=O) groups is 1. The number of carboxylic acids is 1. The van der Waals surface area contributed by atoms with E-state index >= 15 is 0 Å². The minimum absolute atomic E-state index is 0.378. The van der Waals surface area contributed by atoms with E-state index in [0.29, 0.717) is 32.4 Å². The summed E-state index contributed by atoms with van der Waals surface area (Å²) < 4.78 is 27.6. The summed E-state index contributed by atoms with van der Waals surface area (Å²) in [6, 6.07) is -0.490. The summed E-state index contributed by atoms with van der Waals surface area (Å²) in [4.78, 5) is 11.0. The monoisotopic (exact) mass is 264 g/mol. The zero-order chi connectivity index (χ0) is 13.1. The van der Waals surface area contributed by atoms with Crippen LogP contribution in [0.1, 0.15) is 33.1 Å². The summed E-state index contributed by atoms with van der Waals surface area (Å²) in [7, 11) is -3.54. The predicted octanol–water partition coefficient (Wildman–Crippen LogP) is 0.416. The third-order valence-corrected chi connectivity index (χ3v) is 4.79. The van der Waals surface area contributed by atoms with Crippen LogP contribution in [0, 0.1) is 5.92 Å². The highest BCUT2D eigenvalue weighted by atomic mass is 32.2. The molecule has 1 fully saturated rings. The average Bonchev–Trinajstić information content (AvgIpc) is 2.26. The maximum Gasteiger partial charge on any atom is 0.308 e. The van der Waals surface area contributed by atoms with Gasteiger partial charge < -0.3 is 5.11 Å². The van der Waals surface area contributed by atoms with Crippen LogP contribution in [-0.2, 0) is 15.0 Å². The lowest BCUT2D eigenvalue weighted by molar-refractivity contribution is -0.144. The first kappa shape index (κ1) is 14.4. The molecule has 0 aromatic heterocycles. The van der Waals surface area contributed by atoms with Crippen molar-refractivity contribution in [2.45, 2.75) is 39.2 Å². The van der Waals surface area contributed by atoms with Gasteiger partial charge in [-0.05, 0) is 26.2 Å². The molecule has 1 saturated heterocycles. The quantitative estimate of drug-likeness (QED) is 0.753. The second-order valence-electron chi connectivity index (χ2n) is 4.34. The standard InChI is InChI=1S/C10H20N2O4S/c1-3-6-11-17(15,16)12-7-4-5-9(8(12)2)10(13)14/h8-9,11H,3-7H2,1-2H3,(H,13,14)/t8-,9-/m0/s1. The highest BCUT2D eigenvalue weighted by molar-refractivity contribution is 7.87. The zero-order valence-electron chi connectivity index (χ0n) is 10.2. The van der Waals surface area contributed by atoms with Crippen molar-refractivity contribution in [1.29, 1.82) is 0 Å². The highest BCUT2D eigenvalue weighted by Crippen LogP contribution is 2.25. The van der Waals surface area contributed by atoms with E-state index in [2.05, 4.69) is 4.72 Å². The van der Waals surface area contributed by atoms with Gasteiger partial charge in [0.1, 0.15) is 0 Å². The third kappa shape index (κ3) is 3.40. The van der Waals surface area contributed by atoms with E-state index in [0.717, 1.165) is 0 Å².